The number of aryl methyl sites for hydroxylation is 1. The molecule has 0 aliphatic rings. The van der Waals surface area contributed by atoms with Crippen LogP contribution >= 0.6 is 0 Å². The number of pyridine rings is 1. The lowest BCUT2D eigenvalue weighted by atomic mass is 9.93. The fourth-order valence-corrected chi connectivity index (χ4v) is 2.26. The summed E-state index contributed by atoms with van der Waals surface area (Å²) in [4.78, 5) is 27.3. The number of carboxylic acids is 2. The Morgan fingerprint density at radius 1 is 1.04 bits per heavy atom. The molecule has 7 heteroatoms. The van der Waals surface area contributed by atoms with Gasteiger partial charge < -0.3 is 19.7 Å². The first kappa shape index (κ1) is 16.3. The number of aromatic nitrogens is 1. The quantitative estimate of drug-likeness (QED) is 0.872. The van der Waals surface area contributed by atoms with Crippen molar-refractivity contribution in [3.8, 4) is 22.9 Å². The maximum Gasteiger partial charge on any atom is 0.336 e. The van der Waals surface area contributed by atoms with Crippen LogP contribution in [-0.2, 0) is 0 Å². The van der Waals surface area contributed by atoms with Crippen molar-refractivity contribution in [1.29, 1.82) is 0 Å². The van der Waals surface area contributed by atoms with Crippen molar-refractivity contribution < 1.29 is 29.3 Å². The molecule has 0 saturated carbocycles. The van der Waals surface area contributed by atoms with Crippen molar-refractivity contribution in [2.24, 2.45) is 0 Å². The van der Waals surface area contributed by atoms with Gasteiger partial charge in [-0.15, -0.1) is 0 Å². The summed E-state index contributed by atoms with van der Waals surface area (Å²) in [5.41, 5.74) is 0.325. The SMILES string of the molecule is COc1cc(OC)nc(-c2c(C(=O)O)ccc(C)c2C(=O)O)c1. The summed E-state index contributed by atoms with van der Waals surface area (Å²) in [6.45, 7) is 1.59. The maximum absolute atomic E-state index is 11.6. The zero-order chi connectivity index (χ0) is 17.1. The molecule has 0 aliphatic heterocycles. The number of hydrogen-bond donors (Lipinski definition) is 2. The van der Waals surface area contributed by atoms with Gasteiger partial charge in [-0.2, -0.15) is 0 Å². The van der Waals surface area contributed by atoms with Gasteiger partial charge in [0.15, 0.2) is 0 Å². The van der Waals surface area contributed by atoms with Crippen LogP contribution in [0.3, 0.4) is 0 Å². The zero-order valence-electron chi connectivity index (χ0n) is 12.8. The lowest BCUT2D eigenvalue weighted by Crippen LogP contribution is -2.10. The molecule has 1 heterocycles. The molecule has 0 unspecified atom stereocenters. The summed E-state index contributed by atoms with van der Waals surface area (Å²) in [6, 6.07) is 5.79. The van der Waals surface area contributed by atoms with Gasteiger partial charge in [0.25, 0.3) is 0 Å². The monoisotopic (exact) mass is 317 g/mol. The van der Waals surface area contributed by atoms with E-state index in [9.17, 15) is 19.8 Å². The van der Waals surface area contributed by atoms with Crippen molar-refractivity contribution in [3.05, 3.63) is 41.0 Å². The van der Waals surface area contributed by atoms with E-state index in [0.717, 1.165) is 0 Å². The van der Waals surface area contributed by atoms with Gasteiger partial charge >= 0.3 is 11.9 Å². The summed E-state index contributed by atoms with van der Waals surface area (Å²) in [6.07, 6.45) is 0. The number of rotatable bonds is 5. The summed E-state index contributed by atoms with van der Waals surface area (Å²) >= 11 is 0. The molecule has 0 aliphatic carbocycles. The van der Waals surface area contributed by atoms with Crippen molar-refractivity contribution in [2.45, 2.75) is 6.92 Å². The van der Waals surface area contributed by atoms with Crippen LogP contribution in [-0.4, -0.2) is 41.4 Å². The second-order valence-corrected chi connectivity index (χ2v) is 4.72. The van der Waals surface area contributed by atoms with E-state index in [1.54, 1.807) is 6.92 Å². The Morgan fingerprint density at radius 2 is 1.74 bits per heavy atom. The van der Waals surface area contributed by atoms with Gasteiger partial charge in [-0.25, -0.2) is 14.6 Å². The first-order valence-corrected chi connectivity index (χ1v) is 6.59. The molecule has 2 N–H and O–H groups in total. The van der Waals surface area contributed by atoms with Gasteiger partial charge in [0.2, 0.25) is 5.88 Å². The third-order valence-electron chi connectivity index (χ3n) is 3.33. The topological polar surface area (TPSA) is 106 Å². The third kappa shape index (κ3) is 3.08. The Labute approximate surface area is 132 Å². The highest BCUT2D eigenvalue weighted by atomic mass is 16.5. The standard InChI is InChI=1S/C16H15NO6/c1-8-4-5-10(15(18)19)14(13(8)16(20)21)11-6-9(22-2)7-12(17-11)23-3/h4-7H,1-3H3,(H,18,19)(H,20,21). The Bertz CT molecular complexity index is 762. The molecule has 2 aromatic rings. The Balaban J connectivity index is 2.88. The van der Waals surface area contributed by atoms with Gasteiger partial charge in [-0.05, 0) is 18.6 Å². The number of carbonyl (C=O) groups is 2. The molecule has 23 heavy (non-hydrogen) atoms. The Hall–Kier alpha value is -3.09. The van der Waals surface area contributed by atoms with Crippen LogP contribution in [0.5, 0.6) is 11.6 Å². The molecule has 0 fully saturated rings. The van der Waals surface area contributed by atoms with Gasteiger partial charge in [0.05, 0.1) is 31.0 Å². The van der Waals surface area contributed by atoms with E-state index in [1.165, 1.54) is 38.5 Å². The van der Waals surface area contributed by atoms with Crippen LogP contribution in [0, 0.1) is 6.92 Å². The van der Waals surface area contributed by atoms with Crippen molar-refractivity contribution in [1.82, 2.24) is 4.98 Å². The molecular formula is C16H15NO6. The third-order valence-corrected chi connectivity index (χ3v) is 3.33. The lowest BCUT2D eigenvalue weighted by Gasteiger charge is -2.14. The van der Waals surface area contributed by atoms with E-state index < -0.39 is 11.9 Å². The second-order valence-electron chi connectivity index (χ2n) is 4.72. The van der Waals surface area contributed by atoms with E-state index in [-0.39, 0.29) is 28.3 Å². The van der Waals surface area contributed by atoms with E-state index >= 15 is 0 Å². The molecular weight excluding hydrogens is 302 g/mol. The van der Waals surface area contributed by atoms with E-state index in [1.807, 2.05) is 0 Å². The average Bonchev–Trinajstić information content (AvgIpc) is 2.53. The highest BCUT2D eigenvalue weighted by Gasteiger charge is 2.24. The first-order chi connectivity index (χ1) is 10.9. The van der Waals surface area contributed by atoms with E-state index in [0.29, 0.717) is 11.3 Å². The van der Waals surface area contributed by atoms with E-state index in [2.05, 4.69) is 4.98 Å². The summed E-state index contributed by atoms with van der Waals surface area (Å²) in [5.74, 6) is -1.91. The molecule has 120 valence electrons. The number of carboxylic acid groups (broad SMARTS) is 2. The normalized spacial score (nSPS) is 10.2. The number of methoxy groups -OCH3 is 2. The van der Waals surface area contributed by atoms with Crippen LogP contribution in [0.15, 0.2) is 24.3 Å². The number of nitrogens with zero attached hydrogens (tertiary/aromatic N) is 1. The molecule has 0 amide bonds. The number of hydrogen-bond acceptors (Lipinski definition) is 5. The summed E-state index contributed by atoms with van der Waals surface area (Å²) < 4.78 is 10.2. The highest BCUT2D eigenvalue weighted by molar-refractivity contribution is 6.05. The van der Waals surface area contributed by atoms with Crippen LogP contribution < -0.4 is 9.47 Å². The van der Waals surface area contributed by atoms with Crippen LogP contribution in [0.4, 0.5) is 0 Å². The molecule has 0 atom stereocenters. The minimum atomic E-state index is -1.24. The van der Waals surface area contributed by atoms with Crippen LogP contribution in [0.2, 0.25) is 0 Å². The number of ether oxygens (including phenoxy) is 2. The molecule has 0 radical (unpaired) electrons. The smallest absolute Gasteiger partial charge is 0.336 e. The average molecular weight is 317 g/mol. The molecule has 0 spiro atoms. The predicted octanol–water partition coefficient (Wildman–Crippen LogP) is 2.47. The van der Waals surface area contributed by atoms with Crippen LogP contribution in [0.1, 0.15) is 26.3 Å². The zero-order valence-corrected chi connectivity index (χ0v) is 12.8. The van der Waals surface area contributed by atoms with Crippen molar-refractivity contribution in [2.75, 3.05) is 14.2 Å². The van der Waals surface area contributed by atoms with E-state index in [4.69, 9.17) is 9.47 Å². The minimum Gasteiger partial charge on any atom is -0.496 e. The Morgan fingerprint density at radius 3 is 2.26 bits per heavy atom. The van der Waals surface area contributed by atoms with Crippen LogP contribution in [0.25, 0.3) is 11.3 Å². The van der Waals surface area contributed by atoms with Gasteiger partial charge in [-0.3, -0.25) is 0 Å². The predicted molar refractivity (Wildman–Crippen MR) is 81.4 cm³/mol. The lowest BCUT2D eigenvalue weighted by molar-refractivity contribution is 0.0695. The minimum absolute atomic E-state index is 0.0159. The molecule has 1 aromatic carbocycles. The number of benzene rings is 1. The van der Waals surface area contributed by atoms with Gasteiger partial charge in [0.1, 0.15) is 5.75 Å². The summed E-state index contributed by atoms with van der Waals surface area (Å²) in [5, 5.41) is 18.9. The molecule has 7 nitrogen and oxygen atoms in total. The largest absolute Gasteiger partial charge is 0.496 e. The molecule has 1 aromatic heterocycles. The van der Waals surface area contributed by atoms with Gasteiger partial charge in [-0.1, -0.05) is 6.07 Å². The molecule has 0 bridgehead atoms. The molecule has 0 saturated heterocycles. The second kappa shape index (κ2) is 6.35. The van der Waals surface area contributed by atoms with Gasteiger partial charge in [0, 0.05) is 17.7 Å². The maximum atomic E-state index is 11.6. The fourth-order valence-electron chi connectivity index (χ4n) is 2.26. The summed E-state index contributed by atoms with van der Waals surface area (Å²) in [7, 11) is 2.84. The Kier molecular flexibility index (Phi) is 4.49. The fraction of sp³-hybridized carbons (Fsp3) is 0.188. The first-order valence-electron chi connectivity index (χ1n) is 6.59. The van der Waals surface area contributed by atoms with Crippen molar-refractivity contribution in [3.63, 3.8) is 0 Å². The van der Waals surface area contributed by atoms with Crippen molar-refractivity contribution >= 4 is 11.9 Å². The highest BCUT2D eigenvalue weighted by Crippen LogP contribution is 2.33. The number of aromatic carboxylic acids is 2. The molecule has 2 rings (SSSR count).